The highest BCUT2D eigenvalue weighted by atomic mass is 35.5. The normalized spacial score (nSPS) is 18.5. The van der Waals surface area contributed by atoms with Crippen molar-refractivity contribution in [3.8, 4) is 0 Å². The van der Waals surface area contributed by atoms with E-state index in [9.17, 15) is 71.0 Å². The molecule has 0 bridgehead atoms. The maximum Gasteiger partial charge on any atom is 0.460 e. The van der Waals surface area contributed by atoms with Gasteiger partial charge in [-0.15, -0.1) is 11.6 Å². The summed E-state index contributed by atoms with van der Waals surface area (Å²) in [5, 5.41) is 9.62. The van der Waals surface area contributed by atoms with Crippen LogP contribution in [0, 0.1) is 0 Å². The maximum atomic E-state index is 13.9. The summed E-state index contributed by atoms with van der Waals surface area (Å²) in [6.07, 6.45) is -37.3. The molecule has 0 aliphatic rings. The molecule has 0 rings (SSSR count). The van der Waals surface area contributed by atoms with Crippen molar-refractivity contribution in [3.63, 3.8) is 0 Å². The van der Waals surface area contributed by atoms with Crippen LogP contribution in [-0.4, -0.2) is 79.1 Å². The highest BCUT2D eigenvalue weighted by Gasteiger charge is 2.83. The Kier molecular flexibility index (Phi) is 10.3. The molecular weight excluding hydrogens is 557 g/mol. The van der Waals surface area contributed by atoms with E-state index in [1.165, 1.54) is 0 Å². The first-order valence-corrected chi connectivity index (χ1v) is 8.47. The third-order valence-electron chi connectivity index (χ3n) is 3.12. The summed E-state index contributed by atoms with van der Waals surface area (Å²) in [6, 6.07) is 0. The molecule has 0 aliphatic carbocycles. The monoisotopic (exact) mass is 568 g/mol. The Morgan fingerprint density at radius 3 is 1.62 bits per heavy atom. The van der Waals surface area contributed by atoms with E-state index >= 15 is 0 Å². The van der Waals surface area contributed by atoms with Gasteiger partial charge in [0.2, 0.25) is 0 Å². The molecule has 0 spiro atoms. The largest absolute Gasteiger partial charge is 0.460 e. The predicted molar refractivity (Wildman–Crippen MR) is 76.0 cm³/mol. The number of aliphatic hydroxyl groups is 1. The second kappa shape index (κ2) is 10.6. The Morgan fingerprint density at radius 1 is 0.765 bits per heavy atom. The molecule has 0 aliphatic heterocycles. The van der Waals surface area contributed by atoms with Crippen LogP contribution in [0.3, 0.4) is 0 Å². The number of halogens is 16. The van der Waals surface area contributed by atoms with Crippen LogP contribution in [0.15, 0.2) is 0 Å². The number of hydrogen-bond acceptors (Lipinski definition) is 5. The second-order valence-electron chi connectivity index (χ2n) is 6.18. The summed E-state index contributed by atoms with van der Waals surface area (Å²) in [5.41, 5.74) is 0. The Labute approximate surface area is 183 Å². The lowest BCUT2D eigenvalue weighted by molar-refractivity contribution is -0.508. The third-order valence-corrected chi connectivity index (χ3v) is 3.27. The minimum Gasteiger partial charge on any atom is -0.375 e. The SMILES string of the molecule is C[C@](O)(COCCCl)OC(OC(F)(F)C(F)(F)C(F)(F)C(F)(F)F)C(F)(F)OC(F)C(F)(F)F. The van der Waals surface area contributed by atoms with Crippen molar-refractivity contribution in [1.29, 1.82) is 0 Å². The zero-order chi connectivity index (χ0) is 27.6. The van der Waals surface area contributed by atoms with Crippen molar-refractivity contribution in [2.45, 2.75) is 61.8 Å². The zero-order valence-electron chi connectivity index (χ0n) is 15.9. The van der Waals surface area contributed by atoms with Crippen LogP contribution < -0.4 is 0 Å². The van der Waals surface area contributed by atoms with Gasteiger partial charge >= 0.3 is 36.4 Å². The summed E-state index contributed by atoms with van der Waals surface area (Å²) >= 11 is 5.12. The van der Waals surface area contributed by atoms with Gasteiger partial charge < -0.3 is 14.6 Å². The minimum atomic E-state index is -7.71. The summed E-state index contributed by atoms with van der Waals surface area (Å²) < 4.78 is 206. The van der Waals surface area contributed by atoms with Crippen LogP contribution in [-0.2, 0) is 18.9 Å². The topological polar surface area (TPSA) is 57.2 Å². The van der Waals surface area contributed by atoms with Gasteiger partial charge in [-0.2, -0.15) is 61.5 Å². The van der Waals surface area contributed by atoms with Crippen molar-refractivity contribution in [3.05, 3.63) is 0 Å². The third kappa shape index (κ3) is 8.04. The van der Waals surface area contributed by atoms with Crippen LogP contribution >= 0.6 is 11.6 Å². The number of rotatable bonds is 13. The average molecular weight is 569 g/mol. The van der Waals surface area contributed by atoms with Gasteiger partial charge in [0.1, 0.15) is 6.61 Å². The fraction of sp³-hybridized carbons (Fsp3) is 1.00. The number of ether oxygens (including phenoxy) is 4. The van der Waals surface area contributed by atoms with Gasteiger partial charge in [0.15, 0.2) is 5.79 Å². The molecule has 0 heterocycles. The van der Waals surface area contributed by atoms with Crippen LogP contribution in [0.1, 0.15) is 6.92 Å². The smallest absolute Gasteiger partial charge is 0.375 e. The van der Waals surface area contributed by atoms with E-state index < -0.39 is 68.1 Å². The van der Waals surface area contributed by atoms with Gasteiger partial charge in [-0.3, -0.25) is 9.47 Å². The standard InChI is InChI=1S/C13H12ClF15O5/c1-7(30,4-31-3-2-14)33-6(9(19,20)32-5(15)8(16,17)18)34-13(28,29)11(23,24)10(21,22)12(25,26)27/h5-6,30H,2-4H2,1H3/t5?,6?,7-/m1/s1. The summed E-state index contributed by atoms with van der Waals surface area (Å²) in [6.45, 7) is -1.83. The molecular formula is C13H12ClF15O5. The molecule has 0 saturated heterocycles. The molecule has 0 amide bonds. The van der Waals surface area contributed by atoms with Crippen molar-refractivity contribution >= 4 is 11.6 Å². The van der Waals surface area contributed by atoms with E-state index in [0.717, 1.165) is 0 Å². The quantitative estimate of drug-likeness (QED) is 0.143. The van der Waals surface area contributed by atoms with Gasteiger partial charge in [0, 0.05) is 5.88 Å². The molecule has 0 aromatic rings. The van der Waals surface area contributed by atoms with Gasteiger partial charge in [-0.1, -0.05) is 0 Å². The van der Waals surface area contributed by atoms with Crippen LogP contribution in [0.5, 0.6) is 0 Å². The van der Waals surface area contributed by atoms with E-state index in [1.54, 1.807) is 0 Å². The average Bonchev–Trinajstić information content (AvgIpc) is 2.58. The van der Waals surface area contributed by atoms with E-state index in [0.29, 0.717) is 0 Å². The summed E-state index contributed by atoms with van der Waals surface area (Å²) in [5.74, 6) is -19.2. The molecule has 0 radical (unpaired) electrons. The maximum absolute atomic E-state index is 13.9. The van der Waals surface area contributed by atoms with Crippen LogP contribution in [0.2, 0.25) is 0 Å². The van der Waals surface area contributed by atoms with E-state index in [2.05, 4.69) is 18.9 Å². The number of alkyl halides is 16. The molecule has 34 heavy (non-hydrogen) atoms. The molecule has 0 aromatic heterocycles. The van der Waals surface area contributed by atoms with Crippen molar-refractivity contribution in [1.82, 2.24) is 0 Å². The fourth-order valence-electron chi connectivity index (χ4n) is 1.57. The van der Waals surface area contributed by atoms with Gasteiger partial charge in [-0.05, 0) is 6.92 Å². The van der Waals surface area contributed by atoms with Crippen molar-refractivity contribution < 1.29 is 89.9 Å². The second-order valence-corrected chi connectivity index (χ2v) is 6.56. The minimum absolute atomic E-state index is 0.172. The Balaban J connectivity index is 6.26. The molecule has 0 saturated carbocycles. The van der Waals surface area contributed by atoms with E-state index in [4.69, 9.17) is 11.6 Å². The Morgan fingerprint density at radius 2 is 1.24 bits per heavy atom. The van der Waals surface area contributed by atoms with Crippen LogP contribution in [0.25, 0.3) is 0 Å². The summed E-state index contributed by atoms with van der Waals surface area (Å²) in [7, 11) is 0. The predicted octanol–water partition coefficient (Wildman–Crippen LogP) is 5.20. The first-order chi connectivity index (χ1) is 14.8. The van der Waals surface area contributed by atoms with Crippen molar-refractivity contribution in [2.24, 2.45) is 0 Å². The molecule has 206 valence electrons. The van der Waals surface area contributed by atoms with Gasteiger partial charge in [0.05, 0.1) is 6.61 Å². The first-order valence-electron chi connectivity index (χ1n) is 7.93. The molecule has 2 unspecified atom stereocenters. The lowest BCUT2D eigenvalue weighted by Gasteiger charge is -2.38. The Hall–Kier alpha value is -0.960. The molecule has 0 aromatic carbocycles. The molecule has 0 fully saturated rings. The molecule has 3 atom stereocenters. The van der Waals surface area contributed by atoms with E-state index in [-0.39, 0.29) is 12.8 Å². The molecule has 5 nitrogen and oxygen atoms in total. The fourth-order valence-corrected chi connectivity index (χ4v) is 1.68. The lowest BCUT2D eigenvalue weighted by Crippen LogP contribution is -2.64. The van der Waals surface area contributed by atoms with Crippen LogP contribution in [0.4, 0.5) is 65.9 Å². The van der Waals surface area contributed by atoms with Gasteiger partial charge in [-0.25, -0.2) is 4.39 Å². The Bertz CT molecular complexity index is 652. The molecule has 21 heteroatoms. The highest BCUT2D eigenvalue weighted by Crippen LogP contribution is 2.54. The zero-order valence-corrected chi connectivity index (χ0v) is 16.7. The van der Waals surface area contributed by atoms with E-state index in [1.807, 2.05) is 0 Å². The highest BCUT2D eigenvalue weighted by molar-refractivity contribution is 6.17. The van der Waals surface area contributed by atoms with Gasteiger partial charge in [0.25, 0.3) is 12.6 Å². The molecule has 1 N–H and O–H groups in total. The lowest BCUT2D eigenvalue weighted by atomic mass is 10.1. The summed E-state index contributed by atoms with van der Waals surface area (Å²) in [4.78, 5) is 0. The van der Waals surface area contributed by atoms with Crippen molar-refractivity contribution in [2.75, 3.05) is 19.1 Å². The number of hydrogen-bond donors (Lipinski definition) is 1. The first kappa shape index (κ1) is 33.0.